The van der Waals surface area contributed by atoms with Gasteiger partial charge in [-0.3, -0.25) is 0 Å². The first-order valence-electron chi connectivity index (χ1n) is 9.96. The molecule has 0 aliphatic rings. The normalized spacial score (nSPS) is 11.8. The monoisotopic (exact) mass is 572 g/mol. The molecule has 0 saturated carbocycles. The molecule has 0 radical (unpaired) electrons. The maximum absolute atomic E-state index is 6.15. The quantitative estimate of drug-likeness (QED) is 0.228. The van der Waals surface area contributed by atoms with Crippen LogP contribution >= 0.6 is 46.9 Å². The molecule has 0 spiro atoms. The lowest BCUT2D eigenvalue weighted by molar-refractivity contribution is 0.359. The highest BCUT2D eigenvalue weighted by molar-refractivity contribution is 14.0. The highest BCUT2D eigenvalue weighted by Gasteiger charge is 2.19. The molecule has 0 aliphatic carbocycles. The number of hydrogen-bond acceptors (Lipinski definition) is 4. The number of aromatic nitrogens is 3. The fourth-order valence-electron chi connectivity index (χ4n) is 3.08. The van der Waals surface area contributed by atoms with Gasteiger partial charge in [-0.15, -0.1) is 45.5 Å². The highest BCUT2D eigenvalue weighted by Crippen LogP contribution is 2.22. The average Bonchev–Trinajstić information content (AvgIpc) is 3.32. The minimum absolute atomic E-state index is 0. The second-order valence-corrected chi connectivity index (χ2v) is 9.61. The van der Waals surface area contributed by atoms with Gasteiger partial charge in [-0.2, -0.15) is 0 Å². The summed E-state index contributed by atoms with van der Waals surface area (Å²) >= 11 is 7.88. The van der Waals surface area contributed by atoms with Gasteiger partial charge in [-0.25, -0.2) is 4.99 Å². The number of rotatable bonds is 8. The average molecular weight is 573 g/mol. The molecule has 3 rings (SSSR count). The number of nitrogens with one attached hydrogen (secondary N) is 2. The van der Waals surface area contributed by atoms with Crippen LogP contribution in [0.3, 0.4) is 0 Å². The van der Waals surface area contributed by atoms with Gasteiger partial charge >= 0.3 is 0 Å². The van der Waals surface area contributed by atoms with E-state index in [1.807, 2.05) is 36.7 Å². The molecule has 6 nitrogen and oxygen atoms in total. The summed E-state index contributed by atoms with van der Waals surface area (Å²) in [7, 11) is 1.96. The number of aryl methyl sites for hydroxylation is 1. The van der Waals surface area contributed by atoms with Gasteiger partial charge in [-0.05, 0) is 47.9 Å². The fourth-order valence-corrected chi connectivity index (χ4v) is 3.94. The van der Waals surface area contributed by atoms with Crippen LogP contribution in [0.4, 0.5) is 0 Å². The molecule has 2 aromatic heterocycles. The third-order valence-corrected chi connectivity index (χ3v) is 5.99. The van der Waals surface area contributed by atoms with Crippen molar-refractivity contribution in [1.29, 1.82) is 0 Å². The Bertz CT molecular complexity index is 984. The Kier molecular flexibility index (Phi) is 9.77. The third-order valence-electron chi connectivity index (χ3n) is 4.88. The smallest absolute Gasteiger partial charge is 0.192 e. The molecule has 2 N–H and O–H groups in total. The summed E-state index contributed by atoms with van der Waals surface area (Å²) in [5, 5.41) is 18.1. The van der Waals surface area contributed by atoms with Crippen molar-refractivity contribution in [2.75, 3.05) is 6.54 Å². The molecule has 0 saturated heterocycles. The number of benzene rings is 1. The first-order valence-corrected chi connectivity index (χ1v) is 11.2. The second kappa shape index (κ2) is 11.8. The summed E-state index contributed by atoms with van der Waals surface area (Å²) in [6.45, 7) is 8.38. The second-order valence-electron chi connectivity index (χ2n) is 8.14. The molecule has 0 fully saturated rings. The molecule has 2 heterocycles. The van der Waals surface area contributed by atoms with Crippen molar-refractivity contribution in [2.45, 2.75) is 40.3 Å². The zero-order valence-corrected chi connectivity index (χ0v) is 22.3. The highest BCUT2D eigenvalue weighted by atomic mass is 127. The van der Waals surface area contributed by atoms with Gasteiger partial charge in [0.15, 0.2) is 11.8 Å². The van der Waals surface area contributed by atoms with Crippen LogP contribution in [0.1, 0.15) is 35.9 Å². The van der Waals surface area contributed by atoms with Crippen LogP contribution in [0.5, 0.6) is 0 Å². The molecular weight excluding hydrogens is 543 g/mol. The van der Waals surface area contributed by atoms with Crippen molar-refractivity contribution in [3.05, 3.63) is 68.9 Å². The van der Waals surface area contributed by atoms with Crippen molar-refractivity contribution < 1.29 is 0 Å². The Labute approximate surface area is 210 Å². The first-order chi connectivity index (χ1) is 14.3. The lowest BCUT2D eigenvalue weighted by Crippen LogP contribution is -2.42. The van der Waals surface area contributed by atoms with Gasteiger partial charge in [0.25, 0.3) is 0 Å². The van der Waals surface area contributed by atoms with Crippen LogP contribution in [0.15, 0.2) is 46.8 Å². The predicted octanol–water partition coefficient (Wildman–Crippen LogP) is 4.96. The lowest BCUT2D eigenvalue weighted by Gasteiger charge is -2.26. The van der Waals surface area contributed by atoms with E-state index in [9.17, 15) is 0 Å². The summed E-state index contributed by atoms with van der Waals surface area (Å²) in [6.07, 6.45) is 0.918. The van der Waals surface area contributed by atoms with E-state index in [1.54, 1.807) is 11.3 Å². The fraction of sp³-hybridized carbons (Fsp3) is 0.409. The van der Waals surface area contributed by atoms with E-state index >= 15 is 0 Å². The number of nitrogens with zero attached hydrogens (tertiary/aromatic N) is 4. The number of hydrogen-bond donors (Lipinski definition) is 2. The SMILES string of the molecule is Cc1nnc(CN=C(NCc2cccs2)NCC(C)(C)Cc2cccc(Cl)c2)n1C.I. The first kappa shape index (κ1) is 25.6. The molecule has 9 heteroatoms. The van der Waals surface area contributed by atoms with Gasteiger partial charge in [0.05, 0.1) is 6.54 Å². The molecular formula is C22H30ClIN6S. The Morgan fingerprint density at radius 1 is 1.19 bits per heavy atom. The molecule has 3 aromatic rings. The van der Waals surface area contributed by atoms with Gasteiger partial charge in [-0.1, -0.05) is 43.6 Å². The molecule has 1 aromatic carbocycles. The largest absolute Gasteiger partial charge is 0.356 e. The summed E-state index contributed by atoms with van der Waals surface area (Å²) in [4.78, 5) is 6.01. The van der Waals surface area contributed by atoms with Gasteiger partial charge in [0, 0.05) is 23.5 Å². The lowest BCUT2D eigenvalue weighted by atomic mass is 9.86. The van der Waals surface area contributed by atoms with Gasteiger partial charge in [0.2, 0.25) is 0 Å². The topological polar surface area (TPSA) is 67.1 Å². The van der Waals surface area contributed by atoms with E-state index < -0.39 is 0 Å². The standard InChI is InChI=1S/C22H29ClN6S.HI/c1-16-27-28-20(29(16)4)14-25-21(24-13-19-9-6-10-30-19)26-15-22(2,3)12-17-7-5-8-18(23)11-17;/h5-11H,12-15H2,1-4H3,(H2,24,25,26);1H. The van der Waals surface area contributed by atoms with E-state index in [1.165, 1.54) is 10.4 Å². The number of thiophene rings is 1. The van der Waals surface area contributed by atoms with Crippen LogP contribution in [0.25, 0.3) is 0 Å². The van der Waals surface area contributed by atoms with Crippen LogP contribution < -0.4 is 10.6 Å². The Hall–Kier alpha value is -1.65. The van der Waals surface area contributed by atoms with Gasteiger partial charge in [0.1, 0.15) is 12.4 Å². The van der Waals surface area contributed by atoms with Gasteiger partial charge < -0.3 is 15.2 Å². The zero-order valence-electron chi connectivity index (χ0n) is 18.4. The minimum Gasteiger partial charge on any atom is -0.356 e. The van der Waals surface area contributed by atoms with Crippen molar-refractivity contribution in [2.24, 2.45) is 17.5 Å². The van der Waals surface area contributed by atoms with Crippen molar-refractivity contribution >= 4 is 52.9 Å². The summed E-state index contributed by atoms with van der Waals surface area (Å²) in [5.74, 6) is 2.48. The maximum Gasteiger partial charge on any atom is 0.192 e. The number of aliphatic imine (C=N–C) groups is 1. The maximum atomic E-state index is 6.15. The van der Waals surface area contributed by atoms with Crippen LogP contribution in [-0.2, 0) is 26.6 Å². The molecule has 0 unspecified atom stereocenters. The van der Waals surface area contributed by atoms with Crippen LogP contribution in [0, 0.1) is 12.3 Å². The predicted molar refractivity (Wildman–Crippen MR) is 140 cm³/mol. The molecule has 168 valence electrons. The van der Waals surface area contributed by atoms with E-state index in [4.69, 9.17) is 16.6 Å². The molecule has 0 amide bonds. The number of guanidine groups is 1. The van der Waals surface area contributed by atoms with Crippen molar-refractivity contribution in [3.63, 3.8) is 0 Å². The van der Waals surface area contributed by atoms with Crippen molar-refractivity contribution in [3.8, 4) is 0 Å². The van der Waals surface area contributed by atoms with E-state index in [0.717, 1.165) is 42.1 Å². The van der Waals surface area contributed by atoms with E-state index in [-0.39, 0.29) is 29.4 Å². The number of halogens is 2. The summed E-state index contributed by atoms with van der Waals surface area (Å²) < 4.78 is 1.96. The van der Waals surface area contributed by atoms with E-state index in [0.29, 0.717) is 6.54 Å². The minimum atomic E-state index is 0. The Morgan fingerprint density at radius 2 is 2.00 bits per heavy atom. The molecule has 31 heavy (non-hydrogen) atoms. The summed E-state index contributed by atoms with van der Waals surface area (Å²) in [5.41, 5.74) is 1.26. The van der Waals surface area contributed by atoms with E-state index in [2.05, 4.69) is 58.3 Å². The molecule has 0 atom stereocenters. The molecule has 0 aliphatic heterocycles. The van der Waals surface area contributed by atoms with Crippen LogP contribution in [0.2, 0.25) is 5.02 Å². The Balaban J connectivity index is 0.00000341. The van der Waals surface area contributed by atoms with Crippen LogP contribution in [-0.4, -0.2) is 27.3 Å². The van der Waals surface area contributed by atoms with Crippen molar-refractivity contribution in [1.82, 2.24) is 25.4 Å². The Morgan fingerprint density at radius 3 is 2.65 bits per heavy atom. The zero-order chi connectivity index (χ0) is 21.6. The molecule has 0 bridgehead atoms. The summed E-state index contributed by atoms with van der Waals surface area (Å²) in [6, 6.07) is 12.2. The third kappa shape index (κ3) is 8.08.